The Labute approximate surface area is 181 Å². The minimum atomic E-state index is -0.412. The van der Waals surface area contributed by atoms with E-state index in [0.29, 0.717) is 36.5 Å². The summed E-state index contributed by atoms with van der Waals surface area (Å²) in [7, 11) is 1.82. The molecule has 0 saturated carbocycles. The molecule has 1 fully saturated rings. The number of aryl methyl sites for hydroxylation is 1. The summed E-state index contributed by atoms with van der Waals surface area (Å²) in [5.41, 5.74) is 3.35. The summed E-state index contributed by atoms with van der Waals surface area (Å²) < 4.78 is 7.66. The fraction of sp³-hybridized carbons (Fsp3) is 0.391. The molecule has 1 aliphatic rings. The number of nitrogens with zero attached hydrogens (tertiary/aromatic N) is 4. The number of ether oxygens (including phenoxy) is 1. The van der Waals surface area contributed by atoms with Gasteiger partial charge in [0.15, 0.2) is 0 Å². The van der Waals surface area contributed by atoms with E-state index in [2.05, 4.69) is 10.4 Å². The molecule has 0 bridgehead atoms. The molecule has 1 aliphatic heterocycles. The number of hydrogen-bond donors (Lipinski definition) is 1. The molecule has 2 amide bonds. The highest BCUT2D eigenvalue weighted by Crippen LogP contribution is 2.27. The van der Waals surface area contributed by atoms with Gasteiger partial charge in [0.1, 0.15) is 6.10 Å². The van der Waals surface area contributed by atoms with Crippen LogP contribution in [0.3, 0.4) is 0 Å². The zero-order valence-corrected chi connectivity index (χ0v) is 18.3. The summed E-state index contributed by atoms with van der Waals surface area (Å²) in [5.74, 6) is -0.220. The SMILES string of the molecule is Cc1c(C(=O)N2CCOC(c3cc(C(=O)NC(C)C)c4ccccc4n3)C2)cnn1C. The van der Waals surface area contributed by atoms with Crippen molar-refractivity contribution in [2.24, 2.45) is 7.05 Å². The number of benzene rings is 1. The number of pyridine rings is 1. The number of aromatic nitrogens is 3. The Morgan fingerprint density at radius 2 is 2.00 bits per heavy atom. The van der Waals surface area contributed by atoms with E-state index in [9.17, 15) is 9.59 Å². The molecule has 1 unspecified atom stereocenters. The van der Waals surface area contributed by atoms with Gasteiger partial charge < -0.3 is 15.0 Å². The molecule has 162 valence electrons. The van der Waals surface area contributed by atoms with E-state index in [-0.39, 0.29) is 17.9 Å². The number of morpholine rings is 1. The third kappa shape index (κ3) is 4.16. The van der Waals surface area contributed by atoms with Crippen molar-refractivity contribution in [3.63, 3.8) is 0 Å². The van der Waals surface area contributed by atoms with Crippen LogP contribution in [0.1, 0.15) is 52.1 Å². The second-order valence-corrected chi connectivity index (χ2v) is 8.12. The first-order chi connectivity index (χ1) is 14.8. The number of carbonyl (C=O) groups is 2. The van der Waals surface area contributed by atoms with Crippen molar-refractivity contribution < 1.29 is 14.3 Å². The van der Waals surface area contributed by atoms with Crippen LogP contribution in [0.25, 0.3) is 10.9 Å². The smallest absolute Gasteiger partial charge is 0.257 e. The Morgan fingerprint density at radius 3 is 2.71 bits per heavy atom. The van der Waals surface area contributed by atoms with E-state index >= 15 is 0 Å². The van der Waals surface area contributed by atoms with Gasteiger partial charge in [-0.1, -0.05) is 18.2 Å². The van der Waals surface area contributed by atoms with Gasteiger partial charge in [0.2, 0.25) is 0 Å². The van der Waals surface area contributed by atoms with Gasteiger partial charge in [-0.05, 0) is 32.9 Å². The van der Waals surface area contributed by atoms with E-state index < -0.39 is 6.10 Å². The third-order valence-corrected chi connectivity index (χ3v) is 5.55. The lowest BCUT2D eigenvalue weighted by Gasteiger charge is -2.33. The van der Waals surface area contributed by atoms with Crippen LogP contribution in [0.2, 0.25) is 0 Å². The molecule has 31 heavy (non-hydrogen) atoms. The lowest BCUT2D eigenvalue weighted by atomic mass is 10.0. The molecule has 3 heterocycles. The number of para-hydroxylation sites is 1. The normalized spacial score (nSPS) is 16.7. The maximum atomic E-state index is 13.1. The molecule has 3 aromatic rings. The molecule has 0 spiro atoms. The Kier molecular flexibility index (Phi) is 5.73. The van der Waals surface area contributed by atoms with Crippen LogP contribution < -0.4 is 5.32 Å². The summed E-state index contributed by atoms with van der Waals surface area (Å²) in [6.45, 7) is 6.99. The van der Waals surface area contributed by atoms with Gasteiger partial charge in [-0.3, -0.25) is 14.3 Å². The van der Waals surface area contributed by atoms with Crippen LogP contribution >= 0.6 is 0 Å². The molecule has 0 radical (unpaired) electrons. The van der Waals surface area contributed by atoms with Crippen LogP contribution in [0.15, 0.2) is 36.5 Å². The highest BCUT2D eigenvalue weighted by molar-refractivity contribution is 6.06. The van der Waals surface area contributed by atoms with Crippen molar-refractivity contribution in [3.8, 4) is 0 Å². The Bertz CT molecular complexity index is 1140. The van der Waals surface area contributed by atoms with Crippen LogP contribution in [0.5, 0.6) is 0 Å². The summed E-state index contributed by atoms with van der Waals surface area (Å²) >= 11 is 0. The van der Waals surface area contributed by atoms with Crippen molar-refractivity contribution in [2.45, 2.75) is 32.9 Å². The van der Waals surface area contributed by atoms with E-state index in [4.69, 9.17) is 9.72 Å². The van der Waals surface area contributed by atoms with Crippen molar-refractivity contribution in [2.75, 3.05) is 19.7 Å². The fourth-order valence-electron chi connectivity index (χ4n) is 3.78. The molecule has 1 aromatic carbocycles. The van der Waals surface area contributed by atoms with E-state index in [0.717, 1.165) is 16.6 Å². The van der Waals surface area contributed by atoms with Gasteiger partial charge in [-0.15, -0.1) is 0 Å². The first kappa shape index (κ1) is 21.0. The quantitative estimate of drug-likeness (QED) is 0.700. The molecular formula is C23H27N5O3. The van der Waals surface area contributed by atoms with Gasteiger partial charge >= 0.3 is 0 Å². The molecule has 1 atom stereocenters. The predicted octanol–water partition coefficient (Wildman–Crippen LogP) is 2.63. The first-order valence-electron chi connectivity index (χ1n) is 10.4. The number of fused-ring (bicyclic) bond motifs is 1. The summed E-state index contributed by atoms with van der Waals surface area (Å²) in [5, 5.41) is 7.93. The van der Waals surface area contributed by atoms with Crippen molar-refractivity contribution in [1.82, 2.24) is 25.0 Å². The highest BCUT2D eigenvalue weighted by Gasteiger charge is 2.29. The predicted molar refractivity (Wildman–Crippen MR) is 117 cm³/mol. The third-order valence-electron chi connectivity index (χ3n) is 5.55. The minimum absolute atomic E-state index is 0.0182. The monoisotopic (exact) mass is 421 g/mol. The molecule has 4 rings (SSSR count). The van der Waals surface area contributed by atoms with E-state index in [1.54, 1.807) is 21.8 Å². The highest BCUT2D eigenvalue weighted by atomic mass is 16.5. The summed E-state index contributed by atoms with van der Waals surface area (Å²) in [6.07, 6.45) is 1.19. The molecular weight excluding hydrogens is 394 g/mol. The molecule has 2 aromatic heterocycles. The van der Waals surface area contributed by atoms with Crippen LogP contribution in [0.4, 0.5) is 0 Å². The zero-order valence-electron chi connectivity index (χ0n) is 18.3. The van der Waals surface area contributed by atoms with Gasteiger partial charge in [0.05, 0.1) is 41.7 Å². The Morgan fingerprint density at radius 1 is 1.23 bits per heavy atom. The van der Waals surface area contributed by atoms with Crippen LogP contribution in [-0.4, -0.2) is 57.2 Å². The van der Waals surface area contributed by atoms with Gasteiger partial charge in [0.25, 0.3) is 11.8 Å². The molecule has 0 aliphatic carbocycles. The average Bonchev–Trinajstić information content (AvgIpc) is 3.10. The lowest BCUT2D eigenvalue weighted by Crippen LogP contribution is -2.42. The molecule has 1 N–H and O–H groups in total. The first-order valence-corrected chi connectivity index (χ1v) is 10.4. The second-order valence-electron chi connectivity index (χ2n) is 8.12. The lowest BCUT2D eigenvalue weighted by molar-refractivity contribution is -0.0246. The maximum absolute atomic E-state index is 13.1. The zero-order chi connectivity index (χ0) is 22.1. The Hall–Kier alpha value is -3.26. The van der Waals surface area contributed by atoms with Crippen molar-refractivity contribution in [1.29, 1.82) is 0 Å². The van der Waals surface area contributed by atoms with Crippen molar-refractivity contribution in [3.05, 3.63) is 59.0 Å². The average molecular weight is 422 g/mol. The maximum Gasteiger partial charge on any atom is 0.257 e. The van der Waals surface area contributed by atoms with E-state index in [1.165, 1.54) is 0 Å². The second kappa shape index (κ2) is 8.47. The van der Waals surface area contributed by atoms with Gasteiger partial charge in [0, 0.05) is 30.7 Å². The van der Waals surface area contributed by atoms with E-state index in [1.807, 2.05) is 52.1 Å². The van der Waals surface area contributed by atoms with Gasteiger partial charge in [-0.2, -0.15) is 5.10 Å². The number of amides is 2. The van der Waals surface area contributed by atoms with Crippen LogP contribution in [0, 0.1) is 6.92 Å². The molecule has 1 saturated heterocycles. The topological polar surface area (TPSA) is 89.3 Å². The molecule has 8 heteroatoms. The van der Waals surface area contributed by atoms with Crippen molar-refractivity contribution >= 4 is 22.7 Å². The molecule has 8 nitrogen and oxygen atoms in total. The number of nitrogens with one attached hydrogen (secondary N) is 1. The summed E-state index contributed by atoms with van der Waals surface area (Å²) in [4.78, 5) is 32.4. The minimum Gasteiger partial charge on any atom is -0.368 e. The Balaban J connectivity index is 1.65. The number of hydrogen-bond acceptors (Lipinski definition) is 5. The standard InChI is InChI=1S/C23H27N5O3/c1-14(2)25-22(29)17-11-20(26-19-8-6-5-7-16(17)19)21-13-28(9-10-31-21)23(30)18-12-24-27(4)15(18)3/h5-8,11-12,14,21H,9-10,13H2,1-4H3,(H,25,29). The largest absolute Gasteiger partial charge is 0.368 e. The fourth-order valence-corrected chi connectivity index (χ4v) is 3.78. The number of carbonyl (C=O) groups excluding carboxylic acids is 2. The number of rotatable bonds is 4. The van der Waals surface area contributed by atoms with Gasteiger partial charge in [-0.25, -0.2) is 4.98 Å². The summed E-state index contributed by atoms with van der Waals surface area (Å²) in [6, 6.07) is 9.37. The van der Waals surface area contributed by atoms with Crippen LogP contribution in [-0.2, 0) is 11.8 Å².